The van der Waals surface area contributed by atoms with Crippen molar-refractivity contribution in [3.63, 3.8) is 0 Å². The van der Waals surface area contributed by atoms with Crippen molar-refractivity contribution in [2.75, 3.05) is 33.4 Å². The number of aliphatic hydroxyl groups is 1. The van der Waals surface area contributed by atoms with Gasteiger partial charge < -0.3 is 14.7 Å². The largest absolute Gasteiger partial charge is 0.492 e. The maximum atomic E-state index is 8.75. The molecule has 1 unspecified atom stereocenters. The van der Waals surface area contributed by atoms with E-state index in [-0.39, 0.29) is 12.5 Å². The zero-order valence-electron chi connectivity index (χ0n) is 12.0. The quantitative estimate of drug-likeness (QED) is 0.797. The zero-order chi connectivity index (χ0) is 14.8. The van der Waals surface area contributed by atoms with Gasteiger partial charge in [0.05, 0.1) is 12.0 Å². The van der Waals surface area contributed by atoms with Crippen molar-refractivity contribution < 1.29 is 9.84 Å². The third-order valence-corrected chi connectivity index (χ3v) is 2.69. The summed E-state index contributed by atoms with van der Waals surface area (Å²) >= 11 is 0. The lowest BCUT2D eigenvalue weighted by Crippen LogP contribution is -2.28. The van der Waals surface area contributed by atoms with E-state index in [2.05, 4.69) is 22.8 Å². The molecule has 0 aliphatic carbocycles. The highest BCUT2D eigenvalue weighted by Gasteiger charge is 2.05. The molecule has 0 amide bonds. The van der Waals surface area contributed by atoms with Crippen molar-refractivity contribution in [3.05, 3.63) is 29.8 Å². The van der Waals surface area contributed by atoms with Crippen molar-refractivity contribution in [3.8, 4) is 23.7 Å². The topological polar surface area (TPSA) is 56.5 Å². The summed E-state index contributed by atoms with van der Waals surface area (Å²) in [6, 6.07) is 9.68. The second kappa shape index (κ2) is 8.98. The molecule has 1 rings (SSSR count). The molecule has 0 spiro atoms. The molecule has 4 heteroatoms. The molecule has 0 fully saturated rings. The summed E-state index contributed by atoms with van der Waals surface area (Å²) in [7, 11) is 1.97. The van der Waals surface area contributed by atoms with Gasteiger partial charge in [-0.05, 0) is 32.2 Å². The highest BCUT2D eigenvalue weighted by atomic mass is 16.5. The SMILES string of the molecule is CC(C#N)CN(C)CCOc1cccc(C#CCO)c1. The number of hydrogen-bond donors (Lipinski definition) is 1. The van der Waals surface area contributed by atoms with Crippen LogP contribution in [0.5, 0.6) is 5.75 Å². The van der Waals surface area contributed by atoms with Gasteiger partial charge in [0.1, 0.15) is 19.0 Å². The molecule has 0 aliphatic rings. The minimum atomic E-state index is -0.146. The second-order valence-electron chi connectivity index (χ2n) is 4.63. The first-order valence-corrected chi connectivity index (χ1v) is 6.56. The highest BCUT2D eigenvalue weighted by molar-refractivity contribution is 5.39. The number of likely N-dealkylation sites (N-methyl/N-ethyl adjacent to an activating group) is 1. The fourth-order valence-electron chi connectivity index (χ4n) is 1.72. The Hall–Kier alpha value is -2.01. The van der Waals surface area contributed by atoms with Crippen LogP contribution in [0.3, 0.4) is 0 Å². The molecule has 0 aromatic heterocycles. The van der Waals surface area contributed by atoms with Crippen molar-refractivity contribution >= 4 is 0 Å². The Kier molecular flexibility index (Phi) is 7.21. The Balaban J connectivity index is 2.40. The average Bonchev–Trinajstić information content (AvgIpc) is 2.45. The lowest BCUT2D eigenvalue weighted by atomic mass is 10.2. The first-order chi connectivity index (χ1) is 9.65. The third kappa shape index (κ3) is 6.24. The molecular formula is C16H20N2O2. The summed E-state index contributed by atoms with van der Waals surface area (Å²) in [5.74, 6) is 6.23. The Morgan fingerprint density at radius 2 is 2.25 bits per heavy atom. The second-order valence-corrected chi connectivity index (χ2v) is 4.63. The molecule has 1 aromatic carbocycles. The van der Waals surface area contributed by atoms with E-state index < -0.39 is 0 Å². The van der Waals surface area contributed by atoms with Gasteiger partial charge in [-0.2, -0.15) is 5.26 Å². The highest BCUT2D eigenvalue weighted by Crippen LogP contribution is 2.12. The molecule has 0 bridgehead atoms. The van der Waals surface area contributed by atoms with Crippen LogP contribution in [-0.2, 0) is 0 Å². The third-order valence-electron chi connectivity index (χ3n) is 2.69. The molecule has 1 N–H and O–H groups in total. The zero-order valence-corrected chi connectivity index (χ0v) is 12.0. The fraction of sp³-hybridized carbons (Fsp3) is 0.438. The molecule has 1 aromatic rings. The molecule has 0 heterocycles. The Morgan fingerprint density at radius 3 is 2.95 bits per heavy atom. The van der Waals surface area contributed by atoms with E-state index in [4.69, 9.17) is 15.1 Å². The lowest BCUT2D eigenvalue weighted by molar-refractivity contribution is 0.228. The van der Waals surface area contributed by atoms with Crippen LogP contribution in [-0.4, -0.2) is 43.4 Å². The average molecular weight is 272 g/mol. The van der Waals surface area contributed by atoms with E-state index in [0.717, 1.165) is 24.4 Å². The van der Waals surface area contributed by atoms with E-state index in [1.54, 1.807) is 0 Å². The van der Waals surface area contributed by atoms with Crippen molar-refractivity contribution in [1.82, 2.24) is 4.90 Å². The minimum Gasteiger partial charge on any atom is -0.492 e. The van der Waals surface area contributed by atoms with Crippen LogP contribution in [0, 0.1) is 29.1 Å². The van der Waals surface area contributed by atoms with E-state index >= 15 is 0 Å². The minimum absolute atomic E-state index is 0.0251. The standard InChI is InChI=1S/C16H20N2O2/c1-14(12-17)13-18(2)8-10-20-16-7-3-5-15(11-16)6-4-9-19/h3,5,7,11,14,19H,8-10,13H2,1-2H3. The Bertz CT molecular complexity index is 511. The Morgan fingerprint density at radius 1 is 1.45 bits per heavy atom. The first kappa shape index (κ1) is 16.0. The van der Waals surface area contributed by atoms with Crippen molar-refractivity contribution in [1.29, 1.82) is 5.26 Å². The number of nitrogens with zero attached hydrogens (tertiary/aromatic N) is 2. The predicted molar refractivity (Wildman–Crippen MR) is 78.2 cm³/mol. The van der Waals surface area contributed by atoms with Gasteiger partial charge in [-0.15, -0.1) is 0 Å². The van der Waals surface area contributed by atoms with Crippen LogP contribution in [0.4, 0.5) is 0 Å². The van der Waals surface area contributed by atoms with Gasteiger partial charge in [0.15, 0.2) is 0 Å². The summed E-state index contributed by atoms with van der Waals surface area (Å²) in [5.41, 5.74) is 0.822. The summed E-state index contributed by atoms with van der Waals surface area (Å²) < 4.78 is 5.66. The lowest BCUT2D eigenvalue weighted by Gasteiger charge is -2.17. The molecule has 1 atom stereocenters. The number of ether oxygens (including phenoxy) is 1. The predicted octanol–water partition coefficient (Wildman–Crippen LogP) is 1.50. The van der Waals surface area contributed by atoms with Crippen LogP contribution in [0.2, 0.25) is 0 Å². The van der Waals surface area contributed by atoms with Gasteiger partial charge in [-0.3, -0.25) is 0 Å². The van der Waals surface area contributed by atoms with Gasteiger partial charge in [0, 0.05) is 18.7 Å². The normalized spacial score (nSPS) is 11.3. The molecule has 106 valence electrons. The number of nitriles is 1. The molecule has 20 heavy (non-hydrogen) atoms. The molecule has 0 saturated heterocycles. The Labute approximate surface area is 120 Å². The van der Waals surface area contributed by atoms with Crippen molar-refractivity contribution in [2.45, 2.75) is 6.92 Å². The molecule has 0 radical (unpaired) electrons. The maximum Gasteiger partial charge on any atom is 0.120 e. The van der Waals surface area contributed by atoms with Gasteiger partial charge in [-0.25, -0.2) is 0 Å². The molecule has 0 saturated carbocycles. The van der Waals surface area contributed by atoms with Gasteiger partial charge in [-0.1, -0.05) is 17.9 Å². The van der Waals surface area contributed by atoms with Gasteiger partial charge in [0.25, 0.3) is 0 Å². The smallest absolute Gasteiger partial charge is 0.120 e. The summed E-state index contributed by atoms with van der Waals surface area (Å²) in [5, 5.41) is 17.4. The molecular weight excluding hydrogens is 252 g/mol. The number of aliphatic hydroxyl groups excluding tert-OH is 1. The van der Waals surface area contributed by atoms with E-state index in [9.17, 15) is 0 Å². The monoisotopic (exact) mass is 272 g/mol. The first-order valence-electron chi connectivity index (χ1n) is 6.56. The fourth-order valence-corrected chi connectivity index (χ4v) is 1.72. The summed E-state index contributed by atoms with van der Waals surface area (Å²) in [6.45, 7) is 3.82. The van der Waals surface area contributed by atoms with E-state index in [0.29, 0.717) is 6.61 Å². The van der Waals surface area contributed by atoms with Crippen LogP contribution >= 0.6 is 0 Å². The summed E-state index contributed by atoms with van der Waals surface area (Å²) in [6.07, 6.45) is 0. The van der Waals surface area contributed by atoms with E-state index in [1.165, 1.54) is 0 Å². The number of hydrogen-bond acceptors (Lipinski definition) is 4. The number of benzene rings is 1. The van der Waals surface area contributed by atoms with Crippen molar-refractivity contribution in [2.24, 2.45) is 5.92 Å². The van der Waals surface area contributed by atoms with Gasteiger partial charge >= 0.3 is 0 Å². The number of rotatable bonds is 6. The molecule has 0 aliphatic heterocycles. The van der Waals surface area contributed by atoms with Crippen LogP contribution < -0.4 is 4.74 Å². The van der Waals surface area contributed by atoms with E-state index in [1.807, 2.05) is 38.2 Å². The maximum absolute atomic E-state index is 8.75. The van der Waals surface area contributed by atoms with Crippen LogP contribution in [0.15, 0.2) is 24.3 Å². The van der Waals surface area contributed by atoms with Crippen LogP contribution in [0.1, 0.15) is 12.5 Å². The van der Waals surface area contributed by atoms with Gasteiger partial charge in [0.2, 0.25) is 0 Å². The molecule has 4 nitrogen and oxygen atoms in total. The summed E-state index contributed by atoms with van der Waals surface area (Å²) in [4.78, 5) is 2.07. The van der Waals surface area contributed by atoms with Crippen LogP contribution in [0.25, 0.3) is 0 Å².